The average molecular weight is 663 g/mol. The van der Waals surface area contributed by atoms with E-state index < -0.39 is 0 Å². The van der Waals surface area contributed by atoms with Crippen molar-refractivity contribution in [2.75, 3.05) is 0 Å². The largest absolute Gasteiger partial charge is 0.309 e. The van der Waals surface area contributed by atoms with Gasteiger partial charge in [-0.2, -0.15) is 0 Å². The standard InChI is InChI=1S/C50H34N2/c1-3-17-41(18-4-1)51-47-23-9-7-21-43(47)45-33-39(27-29-49(45)51)37-15-11-13-35(31-37)25-26-36-14-12-16-38(32-36)40-28-30-50-46(34-40)44-22-8-10-24-48(44)52(50)42-19-5-2-6-20-42/h1-34H. The van der Waals surface area contributed by atoms with Crippen molar-refractivity contribution >= 4 is 55.8 Å². The van der Waals surface area contributed by atoms with Crippen molar-refractivity contribution in [3.8, 4) is 33.6 Å². The number of para-hydroxylation sites is 4. The van der Waals surface area contributed by atoms with Gasteiger partial charge >= 0.3 is 0 Å². The van der Waals surface area contributed by atoms with Crippen LogP contribution in [0.3, 0.4) is 0 Å². The number of nitrogens with zero attached hydrogens (tertiary/aromatic N) is 2. The molecule has 2 aromatic heterocycles. The molecule has 0 aliphatic carbocycles. The van der Waals surface area contributed by atoms with E-state index in [-0.39, 0.29) is 0 Å². The summed E-state index contributed by atoms with van der Waals surface area (Å²) in [4.78, 5) is 0. The van der Waals surface area contributed by atoms with E-state index in [0.717, 1.165) is 0 Å². The Hall–Kier alpha value is -6.90. The van der Waals surface area contributed by atoms with E-state index in [1.807, 2.05) is 0 Å². The normalized spacial score (nSPS) is 11.8. The van der Waals surface area contributed by atoms with E-state index in [9.17, 15) is 0 Å². The van der Waals surface area contributed by atoms with Gasteiger partial charge in [0.15, 0.2) is 0 Å². The highest BCUT2D eigenvalue weighted by Crippen LogP contribution is 2.37. The van der Waals surface area contributed by atoms with Gasteiger partial charge < -0.3 is 9.13 Å². The monoisotopic (exact) mass is 662 g/mol. The second-order valence-corrected chi connectivity index (χ2v) is 13.4. The minimum atomic E-state index is 1.17. The smallest absolute Gasteiger partial charge is 0.0541 e. The first-order valence-corrected chi connectivity index (χ1v) is 17.8. The average Bonchev–Trinajstić information content (AvgIpc) is 3.73. The third kappa shape index (κ3) is 5.12. The molecule has 10 aromatic rings. The summed E-state index contributed by atoms with van der Waals surface area (Å²) in [5, 5.41) is 5.05. The summed E-state index contributed by atoms with van der Waals surface area (Å²) in [5.41, 5.74) is 14.4. The van der Waals surface area contributed by atoms with Crippen LogP contribution in [0.5, 0.6) is 0 Å². The summed E-state index contributed by atoms with van der Waals surface area (Å²) >= 11 is 0. The second kappa shape index (κ2) is 12.5. The number of rotatable bonds is 6. The molecule has 0 radical (unpaired) electrons. The van der Waals surface area contributed by atoms with Crippen LogP contribution in [-0.2, 0) is 0 Å². The molecule has 0 spiro atoms. The predicted octanol–water partition coefficient (Wildman–Crippen LogP) is 13.4. The highest BCUT2D eigenvalue weighted by atomic mass is 15.0. The lowest BCUT2D eigenvalue weighted by molar-refractivity contribution is 1.18. The molecule has 0 aliphatic rings. The molecule has 0 N–H and O–H groups in total. The molecule has 0 saturated carbocycles. The highest BCUT2D eigenvalue weighted by molar-refractivity contribution is 6.11. The summed E-state index contributed by atoms with van der Waals surface area (Å²) in [6.45, 7) is 0. The zero-order valence-corrected chi connectivity index (χ0v) is 28.5. The van der Waals surface area contributed by atoms with Gasteiger partial charge in [0.25, 0.3) is 0 Å². The molecule has 52 heavy (non-hydrogen) atoms. The van der Waals surface area contributed by atoms with Gasteiger partial charge in [0.2, 0.25) is 0 Å². The quantitative estimate of drug-likeness (QED) is 0.157. The Balaban J connectivity index is 0.974. The lowest BCUT2D eigenvalue weighted by Gasteiger charge is -2.08. The summed E-state index contributed by atoms with van der Waals surface area (Å²) in [6, 6.07) is 70.0. The lowest BCUT2D eigenvalue weighted by atomic mass is 9.99. The number of aromatic nitrogens is 2. The Morgan fingerprint density at radius 3 is 1.12 bits per heavy atom. The van der Waals surface area contributed by atoms with E-state index in [1.165, 1.54) is 88.4 Å². The van der Waals surface area contributed by atoms with E-state index in [4.69, 9.17) is 0 Å². The van der Waals surface area contributed by atoms with Crippen molar-refractivity contribution in [1.29, 1.82) is 0 Å². The Kier molecular flexibility index (Phi) is 7.18. The topological polar surface area (TPSA) is 9.86 Å². The zero-order chi connectivity index (χ0) is 34.4. The third-order valence-corrected chi connectivity index (χ3v) is 10.3. The molecule has 10 rings (SSSR count). The third-order valence-electron chi connectivity index (χ3n) is 10.3. The molecule has 2 nitrogen and oxygen atoms in total. The Morgan fingerprint density at radius 1 is 0.269 bits per heavy atom. The van der Waals surface area contributed by atoms with Crippen molar-refractivity contribution in [2.45, 2.75) is 0 Å². The van der Waals surface area contributed by atoms with Gasteiger partial charge in [0, 0.05) is 32.9 Å². The number of hydrogen-bond donors (Lipinski definition) is 0. The summed E-state index contributed by atoms with van der Waals surface area (Å²) < 4.78 is 4.73. The van der Waals surface area contributed by atoms with Crippen LogP contribution in [0, 0.1) is 0 Å². The lowest BCUT2D eigenvalue weighted by Crippen LogP contribution is -1.92. The Bertz CT molecular complexity index is 2740. The maximum Gasteiger partial charge on any atom is 0.0541 e. The highest BCUT2D eigenvalue weighted by Gasteiger charge is 2.14. The molecule has 0 unspecified atom stereocenters. The van der Waals surface area contributed by atoms with Crippen LogP contribution >= 0.6 is 0 Å². The predicted molar refractivity (Wildman–Crippen MR) is 221 cm³/mol. The van der Waals surface area contributed by atoms with Gasteiger partial charge in [-0.15, -0.1) is 0 Å². The molecular formula is C50H34N2. The fourth-order valence-electron chi connectivity index (χ4n) is 7.85. The van der Waals surface area contributed by atoms with Crippen LogP contribution < -0.4 is 0 Å². The van der Waals surface area contributed by atoms with Gasteiger partial charge in [-0.25, -0.2) is 0 Å². The SMILES string of the molecule is C(=Cc1cccc(-c2ccc3c(c2)c2ccccc2n3-c2ccccc2)c1)c1cccc(-c2ccc3c(c2)c2ccccc2n3-c2ccccc2)c1. The maximum atomic E-state index is 2.36. The van der Waals surface area contributed by atoms with Gasteiger partial charge in [-0.1, -0.05) is 133 Å². The minimum Gasteiger partial charge on any atom is -0.309 e. The Morgan fingerprint density at radius 2 is 0.654 bits per heavy atom. The van der Waals surface area contributed by atoms with Crippen LogP contribution in [0.2, 0.25) is 0 Å². The molecule has 0 atom stereocenters. The van der Waals surface area contributed by atoms with Crippen molar-refractivity contribution in [3.63, 3.8) is 0 Å². The first-order chi connectivity index (χ1) is 25.8. The number of hydrogen-bond acceptors (Lipinski definition) is 0. The van der Waals surface area contributed by atoms with Crippen LogP contribution in [0.15, 0.2) is 194 Å². The van der Waals surface area contributed by atoms with E-state index in [2.05, 4.69) is 215 Å². The first-order valence-electron chi connectivity index (χ1n) is 17.8. The van der Waals surface area contributed by atoms with Gasteiger partial charge in [0.1, 0.15) is 0 Å². The molecule has 0 fully saturated rings. The molecule has 0 amide bonds. The summed E-state index contributed by atoms with van der Waals surface area (Å²) in [5.74, 6) is 0. The zero-order valence-electron chi connectivity index (χ0n) is 28.5. The second-order valence-electron chi connectivity index (χ2n) is 13.4. The molecule has 0 aliphatic heterocycles. The summed E-state index contributed by atoms with van der Waals surface area (Å²) in [6.07, 6.45) is 4.44. The van der Waals surface area contributed by atoms with Gasteiger partial charge in [-0.05, 0) is 106 Å². The molecule has 0 bridgehead atoms. The maximum absolute atomic E-state index is 2.36. The fourth-order valence-corrected chi connectivity index (χ4v) is 7.85. The van der Waals surface area contributed by atoms with Gasteiger partial charge in [-0.3, -0.25) is 0 Å². The first kappa shape index (κ1) is 30.0. The van der Waals surface area contributed by atoms with Crippen molar-refractivity contribution < 1.29 is 0 Å². The van der Waals surface area contributed by atoms with Crippen molar-refractivity contribution in [2.24, 2.45) is 0 Å². The molecular weight excluding hydrogens is 629 g/mol. The molecule has 2 heterocycles. The molecule has 244 valence electrons. The molecule has 0 saturated heterocycles. The van der Waals surface area contributed by atoms with Gasteiger partial charge in [0.05, 0.1) is 22.1 Å². The van der Waals surface area contributed by atoms with E-state index in [1.54, 1.807) is 0 Å². The van der Waals surface area contributed by atoms with Crippen molar-refractivity contribution in [3.05, 3.63) is 205 Å². The molecule has 8 aromatic carbocycles. The molecule has 2 heteroatoms. The van der Waals surface area contributed by atoms with E-state index in [0.29, 0.717) is 0 Å². The number of fused-ring (bicyclic) bond motifs is 6. The Labute approximate surface area is 302 Å². The van der Waals surface area contributed by atoms with Crippen molar-refractivity contribution in [1.82, 2.24) is 9.13 Å². The van der Waals surface area contributed by atoms with Crippen LogP contribution in [-0.4, -0.2) is 9.13 Å². The fraction of sp³-hybridized carbons (Fsp3) is 0. The van der Waals surface area contributed by atoms with Crippen LogP contribution in [0.4, 0.5) is 0 Å². The van der Waals surface area contributed by atoms with E-state index >= 15 is 0 Å². The number of benzene rings is 8. The minimum absolute atomic E-state index is 1.17. The van der Waals surface area contributed by atoms with Crippen LogP contribution in [0.25, 0.3) is 89.4 Å². The van der Waals surface area contributed by atoms with Crippen LogP contribution in [0.1, 0.15) is 11.1 Å². The summed E-state index contributed by atoms with van der Waals surface area (Å²) in [7, 11) is 0.